The summed E-state index contributed by atoms with van der Waals surface area (Å²) in [4.78, 5) is 2.43. The van der Waals surface area contributed by atoms with E-state index < -0.39 is 0 Å². The van der Waals surface area contributed by atoms with Crippen molar-refractivity contribution in [1.29, 1.82) is 0 Å². The highest BCUT2D eigenvalue weighted by Crippen LogP contribution is 2.05. The molecule has 0 radical (unpaired) electrons. The van der Waals surface area contributed by atoms with Crippen LogP contribution < -0.4 is 5.32 Å². The largest absolute Gasteiger partial charge is 0.313 e. The molecule has 0 spiro atoms. The molecule has 0 saturated carbocycles. The Morgan fingerprint density at radius 3 is 2.41 bits per heavy atom. The molecule has 0 aliphatic rings. The zero-order chi connectivity index (χ0) is 12.7. The minimum absolute atomic E-state index is 0.542. The van der Waals surface area contributed by atoms with Crippen molar-refractivity contribution in [1.82, 2.24) is 10.2 Å². The minimum Gasteiger partial charge on any atom is -0.313 e. The Kier molecular flexibility index (Phi) is 6.23. The van der Waals surface area contributed by atoms with Crippen molar-refractivity contribution in [2.75, 3.05) is 20.1 Å². The quantitative estimate of drug-likeness (QED) is 0.780. The van der Waals surface area contributed by atoms with E-state index in [0.29, 0.717) is 12.1 Å². The highest BCUT2D eigenvalue weighted by Gasteiger charge is 2.15. The van der Waals surface area contributed by atoms with Gasteiger partial charge in [-0.2, -0.15) is 0 Å². The van der Waals surface area contributed by atoms with Crippen LogP contribution in [0.5, 0.6) is 0 Å². The first-order chi connectivity index (χ1) is 8.15. The lowest BCUT2D eigenvalue weighted by atomic mass is 10.1. The minimum atomic E-state index is 0.542. The van der Waals surface area contributed by atoms with Crippen LogP contribution in [0.25, 0.3) is 0 Å². The number of nitrogens with zero attached hydrogens (tertiary/aromatic N) is 1. The summed E-state index contributed by atoms with van der Waals surface area (Å²) < 4.78 is 0. The van der Waals surface area contributed by atoms with Gasteiger partial charge in [-0.15, -0.1) is 0 Å². The van der Waals surface area contributed by atoms with Crippen LogP contribution in [-0.2, 0) is 6.42 Å². The van der Waals surface area contributed by atoms with Gasteiger partial charge in [0.25, 0.3) is 0 Å². The molecule has 2 nitrogen and oxygen atoms in total. The summed E-state index contributed by atoms with van der Waals surface area (Å²) in [5, 5.41) is 3.48. The first-order valence-electron chi connectivity index (χ1n) is 6.62. The van der Waals surface area contributed by atoms with Crippen molar-refractivity contribution < 1.29 is 0 Å². The fourth-order valence-electron chi connectivity index (χ4n) is 2.03. The van der Waals surface area contributed by atoms with Gasteiger partial charge in [0, 0.05) is 18.6 Å². The van der Waals surface area contributed by atoms with Gasteiger partial charge in [-0.05, 0) is 39.4 Å². The fourth-order valence-corrected chi connectivity index (χ4v) is 2.03. The summed E-state index contributed by atoms with van der Waals surface area (Å²) in [5.41, 5.74) is 1.42. The maximum atomic E-state index is 3.48. The lowest BCUT2D eigenvalue weighted by molar-refractivity contribution is 0.217. The SMILES string of the molecule is CCNC(C)C(C)N(C)CCc1ccccc1. The molecule has 96 valence electrons. The Balaban J connectivity index is 2.36. The van der Waals surface area contributed by atoms with Crippen molar-refractivity contribution in [3.63, 3.8) is 0 Å². The summed E-state index contributed by atoms with van der Waals surface area (Å²) >= 11 is 0. The van der Waals surface area contributed by atoms with Gasteiger partial charge in [0.1, 0.15) is 0 Å². The highest BCUT2D eigenvalue weighted by molar-refractivity contribution is 5.14. The zero-order valence-electron chi connectivity index (χ0n) is 11.6. The zero-order valence-corrected chi connectivity index (χ0v) is 11.6. The van der Waals surface area contributed by atoms with Crippen LogP contribution in [0.2, 0.25) is 0 Å². The van der Waals surface area contributed by atoms with Gasteiger partial charge in [-0.3, -0.25) is 0 Å². The van der Waals surface area contributed by atoms with E-state index in [1.807, 2.05) is 0 Å². The average Bonchev–Trinajstić information content (AvgIpc) is 2.36. The van der Waals surface area contributed by atoms with E-state index in [1.54, 1.807) is 0 Å². The molecule has 2 unspecified atom stereocenters. The van der Waals surface area contributed by atoms with Crippen molar-refractivity contribution >= 4 is 0 Å². The number of likely N-dealkylation sites (N-methyl/N-ethyl adjacent to an activating group) is 2. The average molecular weight is 234 g/mol. The second kappa shape index (κ2) is 7.46. The molecule has 0 heterocycles. The van der Waals surface area contributed by atoms with E-state index in [1.165, 1.54) is 5.56 Å². The third kappa shape index (κ3) is 4.88. The monoisotopic (exact) mass is 234 g/mol. The van der Waals surface area contributed by atoms with E-state index in [4.69, 9.17) is 0 Å². The van der Waals surface area contributed by atoms with Crippen LogP contribution in [0.15, 0.2) is 30.3 Å². The number of hydrogen-bond donors (Lipinski definition) is 1. The topological polar surface area (TPSA) is 15.3 Å². The first-order valence-corrected chi connectivity index (χ1v) is 6.62. The van der Waals surface area contributed by atoms with Crippen LogP contribution in [0.1, 0.15) is 26.3 Å². The van der Waals surface area contributed by atoms with Gasteiger partial charge in [0.05, 0.1) is 0 Å². The molecule has 17 heavy (non-hydrogen) atoms. The number of nitrogens with one attached hydrogen (secondary N) is 1. The lowest BCUT2D eigenvalue weighted by Gasteiger charge is -2.30. The standard InChI is InChI=1S/C15H26N2/c1-5-16-13(2)14(3)17(4)12-11-15-9-7-6-8-10-15/h6-10,13-14,16H,5,11-12H2,1-4H3. The Hall–Kier alpha value is -0.860. The maximum absolute atomic E-state index is 3.48. The van der Waals surface area contributed by atoms with Gasteiger partial charge in [-0.25, -0.2) is 0 Å². The Morgan fingerprint density at radius 1 is 1.18 bits per heavy atom. The summed E-state index contributed by atoms with van der Waals surface area (Å²) in [6.45, 7) is 8.86. The van der Waals surface area contributed by atoms with E-state index in [-0.39, 0.29) is 0 Å². The Labute approximate surface area is 106 Å². The van der Waals surface area contributed by atoms with Crippen LogP contribution in [0, 0.1) is 0 Å². The molecule has 2 atom stereocenters. The molecule has 1 rings (SSSR count). The Morgan fingerprint density at radius 2 is 1.82 bits per heavy atom. The maximum Gasteiger partial charge on any atom is 0.0215 e. The van der Waals surface area contributed by atoms with Crippen LogP contribution in [-0.4, -0.2) is 37.1 Å². The molecule has 0 saturated heterocycles. The number of benzene rings is 1. The second-order valence-corrected chi connectivity index (χ2v) is 4.80. The predicted molar refractivity (Wildman–Crippen MR) is 75.4 cm³/mol. The molecular weight excluding hydrogens is 208 g/mol. The molecular formula is C15H26N2. The molecule has 0 bridgehead atoms. The third-order valence-corrected chi connectivity index (χ3v) is 3.54. The van der Waals surface area contributed by atoms with E-state index in [2.05, 4.69) is 68.4 Å². The van der Waals surface area contributed by atoms with Gasteiger partial charge in [-0.1, -0.05) is 37.3 Å². The predicted octanol–water partition coefficient (Wildman–Crippen LogP) is 2.55. The molecule has 0 amide bonds. The molecule has 1 N–H and O–H groups in total. The highest BCUT2D eigenvalue weighted by atomic mass is 15.2. The van der Waals surface area contributed by atoms with Gasteiger partial charge >= 0.3 is 0 Å². The lowest BCUT2D eigenvalue weighted by Crippen LogP contribution is -2.45. The van der Waals surface area contributed by atoms with Crippen LogP contribution in [0.3, 0.4) is 0 Å². The van der Waals surface area contributed by atoms with Crippen molar-refractivity contribution in [2.24, 2.45) is 0 Å². The molecule has 0 aliphatic heterocycles. The normalized spacial score (nSPS) is 14.9. The third-order valence-electron chi connectivity index (χ3n) is 3.54. The smallest absolute Gasteiger partial charge is 0.0215 e. The molecule has 1 aromatic rings. The van der Waals surface area contributed by atoms with E-state index in [0.717, 1.165) is 19.5 Å². The molecule has 0 aliphatic carbocycles. The van der Waals surface area contributed by atoms with Gasteiger partial charge in [0.2, 0.25) is 0 Å². The van der Waals surface area contributed by atoms with Crippen LogP contribution >= 0.6 is 0 Å². The number of hydrogen-bond acceptors (Lipinski definition) is 2. The molecule has 0 aromatic heterocycles. The van der Waals surface area contributed by atoms with Crippen LogP contribution in [0.4, 0.5) is 0 Å². The first kappa shape index (κ1) is 14.2. The molecule has 1 aromatic carbocycles. The van der Waals surface area contributed by atoms with E-state index in [9.17, 15) is 0 Å². The van der Waals surface area contributed by atoms with Crippen molar-refractivity contribution in [3.8, 4) is 0 Å². The Bertz CT molecular complexity index is 297. The van der Waals surface area contributed by atoms with E-state index >= 15 is 0 Å². The van der Waals surface area contributed by atoms with Crippen molar-refractivity contribution in [3.05, 3.63) is 35.9 Å². The van der Waals surface area contributed by atoms with Crippen molar-refractivity contribution in [2.45, 2.75) is 39.3 Å². The summed E-state index contributed by atoms with van der Waals surface area (Å²) in [6, 6.07) is 11.8. The summed E-state index contributed by atoms with van der Waals surface area (Å²) in [5.74, 6) is 0. The van der Waals surface area contributed by atoms with Gasteiger partial charge in [0.15, 0.2) is 0 Å². The summed E-state index contributed by atoms with van der Waals surface area (Å²) in [7, 11) is 2.21. The molecule has 2 heteroatoms. The fraction of sp³-hybridized carbons (Fsp3) is 0.600. The molecule has 0 fully saturated rings. The number of rotatable bonds is 7. The second-order valence-electron chi connectivity index (χ2n) is 4.80. The van der Waals surface area contributed by atoms with Gasteiger partial charge < -0.3 is 10.2 Å². The summed E-state index contributed by atoms with van der Waals surface area (Å²) in [6.07, 6.45) is 1.13.